The zero-order valence-corrected chi connectivity index (χ0v) is 12.5. The highest BCUT2D eigenvalue weighted by atomic mass is 127. The first-order chi connectivity index (χ1) is 9.56. The molecule has 0 aliphatic heterocycles. The summed E-state index contributed by atoms with van der Waals surface area (Å²) in [5, 5.41) is 10.7. The van der Waals surface area contributed by atoms with Crippen LogP contribution < -0.4 is 0 Å². The number of allylic oxidation sites excluding steroid dienone is 1. The summed E-state index contributed by atoms with van der Waals surface area (Å²) >= 11 is 2.17. The number of ketones is 1. The van der Waals surface area contributed by atoms with Crippen LogP contribution in [0.25, 0.3) is 6.08 Å². The lowest BCUT2D eigenvalue weighted by molar-refractivity contribution is -0.384. The first kappa shape index (κ1) is 14.4. The van der Waals surface area contributed by atoms with Gasteiger partial charge in [-0.1, -0.05) is 30.3 Å². The van der Waals surface area contributed by atoms with E-state index in [-0.39, 0.29) is 11.5 Å². The molecule has 4 nitrogen and oxygen atoms in total. The molecule has 0 spiro atoms. The van der Waals surface area contributed by atoms with Crippen molar-refractivity contribution in [1.29, 1.82) is 0 Å². The summed E-state index contributed by atoms with van der Waals surface area (Å²) in [6, 6.07) is 13.4. The highest BCUT2D eigenvalue weighted by Gasteiger charge is 2.05. The third kappa shape index (κ3) is 3.74. The number of nitro groups is 1. The Balaban J connectivity index is 2.16. The van der Waals surface area contributed by atoms with E-state index < -0.39 is 4.92 Å². The number of hydrogen-bond acceptors (Lipinski definition) is 3. The maximum Gasteiger partial charge on any atom is 0.270 e. The van der Waals surface area contributed by atoms with Crippen LogP contribution in [0.15, 0.2) is 54.6 Å². The van der Waals surface area contributed by atoms with Crippen LogP contribution in [0, 0.1) is 13.7 Å². The van der Waals surface area contributed by atoms with E-state index in [1.165, 1.54) is 18.2 Å². The van der Waals surface area contributed by atoms with Gasteiger partial charge in [0.05, 0.1) is 4.92 Å². The van der Waals surface area contributed by atoms with Gasteiger partial charge in [-0.3, -0.25) is 14.9 Å². The van der Waals surface area contributed by atoms with Crippen molar-refractivity contribution >= 4 is 40.1 Å². The highest BCUT2D eigenvalue weighted by molar-refractivity contribution is 14.1. The van der Waals surface area contributed by atoms with E-state index in [4.69, 9.17) is 0 Å². The summed E-state index contributed by atoms with van der Waals surface area (Å²) in [6.45, 7) is 0. The van der Waals surface area contributed by atoms with E-state index in [0.717, 1.165) is 3.57 Å². The minimum absolute atomic E-state index is 0.00821. The molecule has 0 atom stereocenters. The zero-order valence-electron chi connectivity index (χ0n) is 10.3. The molecule has 20 heavy (non-hydrogen) atoms. The molecule has 0 bridgehead atoms. The van der Waals surface area contributed by atoms with Crippen molar-refractivity contribution in [1.82, 2.24) is 0 Å². The van der Waals surface area contributed by atoms with Gasteiger partial charge in [0, 0.05) is 21.3 Å². The average molecular weight is 379 g/mol. The van der Waals surface area contributed by atoms with E-state index in [0.29, 0.717) is 11.1 Å². The minimum Gasteiger partial charge on any atom is -0.289 e. The Morgan fingerprint density at radius 1 is 1.15 bits per heavy atom. The number of nitro benzene ring substituents is 1. The van der Waals surface area contributed by atoms with Crippen LogP contribution in [0.4, 0.5) is 5.69 Å². The van der Waals surface area contributed by atoms with Gasteiger partial charge in [0.1, 0.15) is 0 Å². The van der Waals surface area contributed by atoms with E-state index in [9.17, 15) is 14.9 Å². The van der Waals surface area contributed by atoms with Gasteiger partial charge in [0.25, 0.3) is 5.69 Å². The second-order valence-corrected chi connectivity index (χ2v) is 5.30. The molecule has 0 heterocycles. The molecular formula is C15H10INO3. The second kappa shape index (κ2) is 6.42. The predicted octanol–water partition coefficient (Wildman–Crippen LogP) is 4.10. The summed E-state index contributed by atoms with van der Waals surface area (Å²) in [6.07, 6.45) is 2.99. The van der Waals surface area contributed by atoms with Gasteiger partial charge in [-0.05, 0) is 46.4 Å². The number of hydrogen-bond donors (Lipinski definition) is 0. The lowest BCUT2D eigenvalue weighted by Crippen LogP contribution is -1.93. The van der Waals surface area contributed by atoms with Gasteiger partial charge in [0.2, 0.25) is 0 Å². The Bertz CT molecular complexity index is 678. The lowest BCUT2D eigenvalue weighted by Gasteiger charge is -1.97. The Labute approximate surface area is 129 Å². The monoisotopic (exact) mass is 379 g/mol. The van der Waals surface area contributed by atoms with Crippen LogP contribution in [0.1, 0.15) is 15.9 Å². The molecule has 2 aromatic rings. The van der Waals surface area contributed by atoms with Crippen molar-refractivity contribution in [3.8, 4) is 0 Å². The van der Waals surface area contributed by atoms with Gasteiger partial charge >= 0.3 is 0 Å². The molecule has 0 radical (unpaired) electrons. The summed E-state index contributed by atoms with van der Waals surface area (Å²) in [7, 11) is 0. The third-order valence-electron chi connectivity index (χ3n) is 2.64. The number of nitrogens with zero attached hydrogens (tertiary/aromatic N) is 1. The summed E-state index contributed by atoms with van der Waals surface area (Å²) in [5.74, 6) is -0.132. The molecule has 100 valence electrons. The number of carbonyl (C=O) groups is 1. The van der Waals surface area contributed by atoms with Crippen molar-refractivity contribution in [3.63, 3.8) is 0 Å². The molecule has 2 rings (SSSR count). The largest absolute Gasteiger partial charge is 0.289 e. The van der Waals surface area contributed by atoms with Crippen molar-refractivity contribution in [2.45, 2.75) is 0 Å². The zero-order chi connectivity index (χ0) is 14.5. The van der Waals surface area contributed by atoms with Gasteiger partial charge < -0.3 is 0 Å². The van der Waals surface area contributed by atoms with Crippen molar-refractivity contribution in [3.05, 3.63) is 79.4 Å². The fraction of sp³-hybridized carbons (Fsp3) is 0. The quantitative estimate of drug-likeness (QED) is 0.264. The molecule has 0 saturated carbocycles. The van der Waals surface area contributed by atoms with E-state index >= 15 is 0 Å². The summed E-state index contributed by atoms with van der Waals surface area (Å²) < 4.78 is 1.06. The number of halogens is 1. The topological polar surface area (TPSA) is 60.2 Å². The molecule has 5 heteroatoms. The maximum absolute atomic E-state index is 11.9. The first-order valence-electron chi connectivity index (χ1n) is 5.79. The average Bonchev–Trinajstić information content (AvgIpc) is 2.46. The van der Waals surface area contributed by atoms with Gasteiger partial charge in [-0.2, -0.15) is 0 Å². The minimum atomic E-state index is -0.460. The van der Waals surface area contributed by atoms with Crippen LogP contribution >= 0.6 is 22.6 Å². The number of benzene rings is 2. The molecule has 0 unspecified atom stereocenters. The van der Waals surface area contributed by atoms with Crippen LogP contribution in [0.3, 0.4) is 0 Å². The first-order valence-corrected chi connectivity index (χ1v) is 6.86. The normalized spacial score (nSPS) is 10.7. The molecule has 0 amide bonds. The lowest BCUT2D eigenvalue weighted by atomic mass is 10.1. The van der Waals surface area contributed by atoms with E-state index in [2.05, 4.69) is 22.6 Å². The smallest absolute Gasteiger partial charge is 0.270 e. The van der Waals surface area contributed by atoms with Gasteiger partial charge in [-0.15, -0.1) is 0 Å². The van der Waals surface area contributed by atoms with Gasteiger partial charge in [0.15, 0.2) is 5.78 Å². The van der Waals surface area contributed by atoms with Crippen molar-refractivity contribution in [2.24, 2.45) is 0 Å². The molecular weight excluding hydrogens is 369 g/mol. The Morgan fingerprint density at radius 3 is 2.50 bits per heavy atom. The number of non-ortho nitro benzene ring substituents is 1. The molecule has 0 N–H and O–H groups in total. The molecule has 0 aliphatic rings. The Kier molecular flexibility index (Phi) is 4.62. The Hall–Kier alpha value is -2.02. The fourth-order valence-electron chi connectivity index (χ4n) is 1.62. The molecule has 0 saturated heterocycles. The molecule has 0 aromatic heterocycles. The predicted molar refractivity (Wildman–Crippen MR) is 85.6 cm³/mol. The van der Waals surface area contributed by atoms with E-state index in [1.54, 1.807) is 30.3 Å². The van der Waals surface area contributed by atoms with Crippen molar-refractivity contribution in [2.75, 3.05) is 0 Å². The maximum atomic E-state index is 11.9. The van der Waals surface area contributed by atoms with Crippen LogP contribution in [0.2, 0.25) is 0 Å². The fourth-order valence-corrected chi connectivity index (χ4v) is 1.98. The second-order valence-electron chi connectivity index (χ2n) is 4.06. The SMILES string of the molecule is O=C(/C=C/c1cccc([N+](=O)[O-])c1)c1ccc(I)cc1. The summed E-state index contributed by atoms with van der Waals surface area (Å²) in [5.41, 5.74) is 1.22. The number of carbonyl (C=O) groups excluding carboxylic acids is 1. The summed E-state index contributed by atoms with van der Waals surface area (Å²) in [4.78, 5) is 22.1. The van der Waals surface area contributed by atoms with Crippen LogP contribution in [-0.2, 0) is 0 Å². The number of rotatable bonds is 4. The van der Waals surface area contributed by atoms with Gasteiger partial charge in [-0.25, -0.2) is 0 Å². The van der Waals surface area contributed by atoms with E-state index in [1.807, 2.05) is 12.1 Å². The van der Waals surface area contributed by atoms with Crippen LogP contribution in [0.5, 0.6) is 0 Å². The molecule has 2 aromatic carbocycles. The molecule has 0 fully saturated rings. The molecule has 0 aliphatic carbocycles. The standard InChI is InChI=1S/C15H10INO3/c16-13-7-5-12(6-8-13)15(18)9-4-11-2-1-3-14(10-11)17(19)20/h1-10H/b9-4+. The van der Waals surface area contributed by atoms with Crippen molar-refractivity contribution < 1.29 is 9.72 Å². The third-order valence-corrected chi connectivity index (χ3v) is 3.36. The van der Waals surface area contributed by atoms with Crippen LogP contribution in [-0.4, -0.2) is 10.7 Å². The Morgan fingerprint density at radius 2 is 1.85 bits per heavy atom. The highest BCUT2D eigenvalue weighted by Crippen LogP contribution is 2.15.